The van der Waals surface area contributed by atoms with Crippen molar-refractivity contribution in [2.45, 2.75) is 36.5 Å². The van der Waals surface area contributed by atoms with Crippen molar-refractivity contribution in [3.8, 4) is 0 Å². The summed E-state index contributed by atoms with van der Waals surface area (Å²) in [4.78, 5) is 13.5. The molecule has 2 aliphatic rings. The van der Waals surface area contributed by atoms with Crippen molar-refractivity contribution in [3.05, 3.63) is 101 Å². The van der Waals surface area contributed by atoms with Gasteiger partial charge in [0.1, 0.15) is 6.10 Å². The quantitative estimate of drug-likeness (QED) is 0.656. The van der Waals surface area contributed by atoms with Crippen LogP contribution in [-0.2, 0) is 25.2 Å². The zero-order valence-corrected chi connectivity index (χ0v) is 18.2. The molecule has 3 aromatic rings. The highest BCUT2D eigenvalue weighted by Crippen LogP contribution is 2.58. The minimum absolute atomic E-state index is 0.0643. The maximum absolute atomic E-state index is 13.9. The molecule has 0 aliphatic carbocycles. The third kappa shape index (κ3) is 2.91. The van der Waals surface area contributed by atoms with Gasteiger partial charge >= 0.3 is 0 Å². The average Bonchev–Trinajstić information content (AvgIpc) is 3.19. The number of hydrogen-bond donors (Lipinski definition) is 1. The highest BCUT2D eigenvalue weighted by molar-refractivity contribution is 7.89. The van der Waals surface area contributed by atoms with E-state index in [1.807, 2.05) is 6.92 Å². The van der Waals surface area contributed by atoms with Crippen LogP contribution in [0.15, 0.2) is 83.8 Å². The summed E-state index contributed by atoms with van der Waals surface area (Å²) in [5.74, 6) is -2.89. The molecular weight excluding hydrogens is 430 g/mol. The number of carbonyl (C=O) groups is 1. The van der Waals surface area contributed by atoms with Crippen molar-refractivity contribution >= 4 is 15.9 Å². The second-order valence-corrected chi connectivity index (χ2v) is 9.82. The lowest BCUT2D eigenvalue weighted by Gasteiger charge is -2.37. The maximum atomic E-state index is 13.9. The first-order valence-corrected chi connectivity index (χ1v) is 11.5. The molecule has 164 valence electrons. The Kier molecular flexibility index (Phi) is 4.55. The van der Waals surface area contributed by atoms with Crippen LogP contribution in [0, 0.1) is 6.92 Å². The lowest BCUT2D eigenvalue weighted by Crippen LogP contribution is -2.51. The highest BCUT2D eigenvalue weighted by Gasteiger charge is 2.68. The van der Waals surface area contributed by atoms with Crippen LogP contribution < -0.4 is 0 Å². The molecule has 5 rings (SSSR count). The van der Waals surface area contributed by atoms with E-state index in [1.54, 1.807) is 66.7 Å². The number of benzene rings is 3. The molecule has 3 atom stereocenters. The van der Waals surface area contributed by atoms with E-state index >= 15 is 0 Å². The molecule has 0 bridgehead atoms. The van der Waals surface area contributed by atoms with Gasteiger partial charge in [0.05, 0.1) is 4.90 Å². The number of fused-ring (bicyclic) bond motifs is 2. The van der Waals surface area contributed by atoms with Crippen molar-refractivity contribution in [2.24, 2.45) is 0 Å². The number of aliphatic hydroxyl groups is 1. The summed E-state index contributed by atoms with van der Waals surface area (Å²) in [6.45, 7) is 3.12. The van der Waals surface area contributed by atoms with Crippen LogP contribution in [0.3, 0.4) is 0 Å². The predicted molar refractivity (Wildman–Crippen MR) is 115 cm³/mol. The first-order valence-electron chi connectivity index (χ1n) is 10.1. The van der Waals surface area contributed by atoms with Crippen LogP contribution in [0.2, 0.25) is 0 Å². The van der Waals surface area contributed by atoms with E-state index in [4.69, 9.17) is 9.47 Å². The van der Waals surface area contributed by atoms with Crippen molar-refractivity contribution in [1.82, 2.24) is 4.31 Å². The molecule has 7 nitrogen and oxygen atoms in total. The molecule has 2 aliphatic heterocycles. The van der Waals surface area contributed by atoms with Crippen molar-refractivity contribution < 1.29 is 27.8 Å². The fourth-order valence-corrected chi connectivity index (χ4v) is 5.98. The summed E-state index contributed by atoms with van der Waals surface area (Å²) in [6.07, 6.45) is -1.11. The summed E-state index contributed by atoms with van der Waals surface area (Å²) < 4.78 is 40.2. The van der Waals surface area contributed by atoms with Gasteiger partial charge in [-0.15, -0.1) is 0 Å². The number of ether oxygens (including phenoxy) is 2. The van der Waals surface area contributed by atoms with Gasteiger partial charge in [-0.3, -0.25) is 9.53 Å². The summed E-state index contributed by atoms with van der Waals surface area (Å²) in [7, 11) is -4.39. The molecule has 3 unspecified atom stereocenters. The van der Waals surface area contributed by atoms with Gasteiger partial charge < -0.3 is 9.84 Å². The number of sulfonamides is 1. The Morgan fingerprint density at radius 2 is 1.56 bits per heavy atom. The molecule has 1 saturated heterocycles. The second kappa shape index (κ2) is 6.98. The fraction of sp³-hybridized carbons (Fsp3) is 0.208. The number of nitrogens with zero attached hydrogens (tertiary/aromatic N) is 1. The van der Waals surface area contributed by atoms with E-state index in [0.29, 0.717) is 15.4 Å². The van der Waals surface area contributed by atoms with Gasteiger partial charge in [0, 0.05) is 18.1 Å². The van der Waals surface area contributed by atoms with E-state index in [-0.39, 0.29) is 10.5 Å². The minimum atomic E-state index is -4.39. The fourth-order valence-electron chi connectivity index (χ4n) is 4.39. The van der Waals surface area contributed by atoms with Crippen LogP contribution in [0.25, 0.3) is 0 Å². The van der Waals surface area contributed by atoms with E-state index in [2.05, 4.69) is 0 Å². The van der Waals surface area contributed by atoms with E-state index in [9.17, 15) is 18.3 Å². The molecule has 0 aromatic heterocycles. The molecule has 2 heterocycles. The largest absolute Gasteiger partial charge is 0.343 e. The van der Waals surface area contributed by atoms with Gasteiger partial charge in [0.25, 0.3) is 21.9 Å². The molecule has 8 heteroatoms. The monoisotopic (exact) mass is 451 g/mol. The molecule has 1 fully saturated rings. The van der Waals surface area contributed by atoms with Crippen LogP contribution in [0.1, 0.15) is 40.1 Å². The van der Waals surface area contributed by atoms with Gasteiger partial charge in [-0.1, -0.05) is 66.2 Å². The lowest BCUT2D eigenvalue weighted by atomic mass is 9.92. The highest BCUT2D eigenvalue weighted by atomic mass is 32.2. The number of amides is 1. The smallest absolute Gasteiger partial charge is 0.280 e. The maximum Gasteiger partial charge on any atom is 0.280 e. The molecule has 0 saturated carbocycles. The molecule has 3 aromatic carbocycles. The Labute approximate surface area is 185 Å². The molecular formula is C24H21NO6S. The van der Waals surface area contributed by atoms with Gasteiger partial charge in [-0.25, -0.2) is 8.42 Å². The van der Waals surface area contributed by atoms with Crippen LogP contribution in [0.5, 0.6) is 0 Å². The molecule has 1 N–H and O–H groups in total. The zero-order chi connectivity index (χ0) is 22.7. The summed E-state index contributed by atoms with van der Waals surface area (Å²) in [5.41, 5.74) is -0.0146. The van der Waals surface area contributed by atoms with Crippen molar-refractivity contribution in [3.63, 3.8) is 0 Å². The Morgan fingerprint density at radius 3 is 2.25 bits per heavy atom. The van der Waals surface area contributed by atoms with E-state index in [1.165, 1.54) is 19.1 Å². The van der Waals surface area contributed by atoms with Gasteiger partial charge in [-0.05, 0) is 30.7 Å². The van der Waals surface area contributed by atoms with Crippen molar-refractivity contribution in [2.75, 3.05) is 0 Å². The van der Waals surface area contributed by atoms with E-state index in [0.717, 1.165) is 5.56 Å². The summed E-state index contributed by atoms with van der Waals surface area (Å²) in [5, 5.41) is 10.8. The topological polar surface area (TPSA) is 93.1 Å². The Bertz CT molecular complexity index is 1300. The molecule has 32 heavy (non-hydrogen) atoms. The standard InChI is InChI=1S/C24H21NO6S/c1-16-12-14-18(15-13-16)32(28,29)25-22(26)19-10-6-7-11-20(19)24(25)21(30-23(2,27)31-24)17-8-4-3-5-9-17/h3-15,21,27H,1-2H3. The molecule has 0 radical (unpaired) electrons. The van der Waals surface area contributed by atoms with E-state index < -0.39 is 33.7 Å². The van der Waals surface area contributed by atoms with Gasteiger partial charge in [0.15, 0.2) is 0 Å². The number of hydrogen-bond acceptors (Lipinski definition) is 6. The molecule has 1 spiro atoms. The normalized spacial score (nSPS) is 27.2. The first-order chi connectivity index (χ1) is 15.2. The summed E-state index contributed by atoms with van der Waals surface area (Å²) in [6, 6.07) is 21.5. The Morgan fingerprint density at radius 1 is 0.938 bits per heavy atom. The van der Waals surface area contributed by atoms with Gasteiger partial charge in [0.2, 0.25) is 5.72 Å². The molecule has 1 amide bonds. The van der Waals surface area contributed by atoms with Crippen LogP contribution in [-0.4, -0.2) is 29.7 Å². The third-order valence-electron chi connectivity index (χ3n) is 5.73. The summed E-state index contributed by atoms with van der Waals surface area (Å²) >= 11 is 0. The average molecular weight is 452 g/mol. The minimum Gasteiger partial charge on any atom is -0.343 e. The first kappa shape index (κ1) is 20.8. The van der Waals surface area contributed by atoms with Gasteiger partial charge in [-0.2, -0.15) is 4.31 Å². The van der Waals surface area contributed by atoms with Crippen LogP contribution >= 0.6 is 0 Å². The number of rotatable bonds is 3. The predicted octanol–water partition coefficient (Wildman–Crippen LogP) is 3.45. The third-order valence-corrected chi connectivity index (χ3v) is 7.51. The Balaban J connectivity index is 1.80. The number of aryl methyl sites for hydroxylation is 1. The zero-order valence-electron chi connectivity index (χ0n) is 17.4. The SMILES string of the molecule is Cc1ccc(S(=O)(=O)N2C(=O)c3ccccc3C23OC(C)(O)OC3c2ccccc2)cc1. The second-order valence-electron chi connectivity index (χ2n) is 8.04. The number of carbonyl (C=O) groups excluding carboxylic acids is 1. The lowest BCUT2D eigenvalue weighted by molar-refractivity contribution is -0.320. The van der Waals surface area contributed by atoms with Crippen LogP contribution in [0.4, 0.5) is 0 Å². The Hall–Kier alpha value is -3.04. The van der Waals surface area contributed by atoms with Crippen molar-refractivity contribution in [1.29, 1.82) is 0 Å².